The highest BCUT2D eigenvalue weighted by atomic mass is 35.5. The van der Waals surface area contributed by atoms with E-state index in [1.165, 1.54) is 6.07 Å². The zero-order chi connectivity index (χ0) is 13.6. The predicted molar refractivity (Wildman–Crippen MR) is 70.9 cm³/mol. The number of nitrogens with zero attached hydrogens (tertiary/aromatic N) is 1. The van der Waals surface area contributed by atoms with Crippen LogP contribution in [0.5, 0.6) is 0 Å². The van der Waals surface area contributed by atoms with E-state index in [1.807, 2.05) is 0 Å². The van der Waals surface area contributed by atoms with Crippen molar-refractivity contribution < 1.29 is 8.78 Å². The summed E-state index contributed by atoms with van der Waals surface area (Å²) < 4.78 is 26.7. The van der Waals surface area contributed by atoms with Gasteiger partial charge >= 0.3 is 0 Å². The lowest BCUT2D eigenvalue weighted by atomic mass is 10.2. The third-order valence-electron chi connectivity index (χ3n) is 2.77. The number of halogens is 3. The molecule has 96 valence electrons. The smallest absolute Gasteiger partial charge is 0.153 e. The fraction of sp³-hybridized carbons (Fsp3) is 0. The first-order valence-corrected chi connectivity index (χ1v) is 5.82. The molecule has 0 aliphatic heterocycles. The lowest BCUT2D eigenvalue weighted by Gasteiger charge is -2.00. The number of aromatic nitrogens is 2. The van der Waals surface area contributed by atoms with Gasteiger partial charge in [0.05, 0.1) is 16.2 Å². The Hall–Kier alpha value is -2.14. The molecule has 2 aromatic carbocycles. The largest absolute Gasteiger partial charge is 0.398 e. The molecular weight excluding hydrogens is 272 g/mol. The summed E-state index contributed by atoms with van der Waals surface area (Å²) in [5.41, 5.74) is 7.12. The van der Waals surface area contributed by atoms with E-state index in [9.17, 15) is 8.78 Å². The Morgan fingerprint density at radius 3 is 2.68 bits per heavy atom. The normalized spacial score (nSPS) is 11.1. The molecule has 3 nitrogen and oxygen atoms in total. The summed E-state index contributed by atoms with van der Waals surface area (Å²) in [5, 5.41) is 0.428. The summed E-state index contributed by atoms with van der Waals surface area (Å²) in [4.78, 5) is 6.95. The summed E-state index contributed by atoms with van der Waals surface area (Å²) in [6.07, 6.45) is 0. The number of rotatable bonds is 1. The maximum atomic E-state index is 13.6. The molecule has 6 heteroatoms. The molecule has 0 bridgehead atoms. The van der Waals surface area contributed by atoms with Crippen molar-refractivity contribution in [1.82, 2.24) is 9.97 Å². The van der Waals surface area contributed by atoms with Crippen molar-refractivity contribution in [3.63, 3.8) is 0 Å². The molecule has 0 spiro atoms. The van der Waals surface area contributed by atoms with E-state index in [0.717, 1.165) is 6.07 Å². The Bertz CT molecular complexity index is 783. The molecule has 0 radical (unpaired) electrons. The number of nitrogens with two attached hydrogens (primary N) is 1. The van der Waals surface area contributed by atoms with Crippen molar-refractivity contribution in [1.29, 1.82) is 0 Å². The molecule has 1 aromatic heterocycles. The molecule has 0 atom stereocenters. The minimum Gasteiger partial charge on any atom is -0.398 e. The highest BCUT2D eigenvalue weighted by molar-refractivity contribution is 6.33. The van der Waals surface area contributed by atoms with Crippen LogP contribution in [-0.4, -0.2) is 9.97 Å². The Balaban J connectivity index is 2.20. The monoisotopic (exact) mass is 279 g/mol. The van der Waals surface area contributed by atoms with Gasteiger partial charge in [-0.1, -0.05) is 11.6 Å². The van der Waals surface area contributed by atoms with E-state index in [2.05, 4.69) is 9.97 Å². The second-order valence-corrected chi connectivity index (χ2v) is 4.51. The number of benzene rings is 2. The number of hydrogen-bond donors (Lipinski definition) is 2. The third kappa shape index (κ3) is 2.02. The molecule has 3 N–H and O–H groups in total. The van der Waals surface area contributed by atoms with Crippen molar-refractivity contribution in [3.05, 3.63) is 47.0 Å². The fourth-order valence-electron chi connectivity index (χ4n) is 1.87. The van der Waals surface area contributed by atoms with Gasteiger partial charge in [-0.15, -0.1) is 0 Å². The predicted octanol–water partition coefficient (Wildman–Crippen LogP) is 3.74. The number of fused-ring (bicyclic) bond motifs is 1. The summed E-state index contributed by atoms with van der Waals surface area (Å²) in [5.74, 6) is -0.960. The third-order valence-corrected chi connectivity index (χ3v) is 3.12. The zero-order valence-electron chi connectivity index (χ0n) is 9.55. The van der Waals surface area contributed by atoms with E-state index >= 15 is 0 Å². The molecule has 3 rings (SSSR count). The van der Waals surface area contributed by atoms with Crippen LogP contribution in [0, 0.1) is 11.6 Å². The minimum atomic E-state index is -0.709. The van der Waals surface area contributed by atoms with Crippen molar-refractivity contribution in [3.8, 4) is 11.4 Å². The molecule has 0 unspecified atom stereocenters. The standard InChI is InChI=1S/C13H8ClF2N3/c14-8-2-1-6(3-10(8)17)13-18-11-5-7(15)4-9(16)12(11)19-13/h1-5H,17H2,(H,18,19). The molecule has 1 heterocycles. The van der Waals surface area contributed by atoms with Gasteiger partial charge in [0.1, 0.15) is 17.2 Å². The van der Waals surface area contributed by atoms with Crippen LogP contribution in [-0.2, 0) is 0 Å². The average molecular weight is 280 g/mol. The van der Waals surface area contributed by atoms with Gasteiger partial charge in [-0.2, -0.15) is 0 Å². The summed E-state index contributed by atoms with van der Waals surface area (Å²) in [6, 6.07) is 6.92. The Kier molecular flexibility index (Phi) is 2.64. The Morgan fingerprint density at radius 2 is 1.95 bits per heavy atom. The molecule has 0 aliphatic rings. The second kappa shape index (κ2) is 4.20. The minimum absolute atomic E-state index is 0.0879. The lowest BCUT2D eigenvalue weighted by Crippen LogP contribution is -1.88. The van der Waals surface area contributed by atoms with Gasteiger partial charge in [-0.3, -0.25) is 0 Å². The highest BCUT2D eigenvalue weighted by Crippen LogP contribution is 2.27. The van der Waals surface area contributed by atoms with Gasteiger partial charge in [0, 0.05) is 11.6 Å². The lowest BCUT2D eigenvalue weighted by molar-refractivity contribution is 0.591. The molecule has 0 fully saturated rings. The van der Waals surface area contributed by atoms with E-state index < -0.39 is 11.6 Å². The van der Waals surface area contributed by atoms with Crippen LogP contribution < -0.4 is 5.73 Å². The van der Waals surface area contributed by atoms with Gasteiger partial charge < -0.3 is 10.7 Å². The van der Waals surface area contributed by atoms with Crippen LogP contribution in [0.4, 0.5) is 14.5 Å². The van der Waals surface area contributed by atoms with Crippen molar-refractivity contribution in [2.45, 2.75) is 0 Å². The molecule has 0 amide bonds. The molecule has 19 heavy (non-hydrogen) atoms. The highest BCUT2D eigenvalue weighted by Gasteiger charge is 2.11. The Morgan fingerprint density at radius 1 is 1.16 bits per heavy atom. The van der Waals surface area contributed by atoms with E-state index in [0.29, 0.717) is 27.6 Å². The van der Waals surface area contributed by atoms with E-state index in [4.69, 9.17) is 17.3 Å². The topological polar surface area (TPSA) is 54.7 Å². The first kappa shape index (κ1) is 11.9. The summed E-state index contributed by atoms with van der Waals surface area (Å²) >= 11 is 5.83. The summed E-state index contributed by atoms with van der Waals surface area (Å²) in [6.45, 7) is 0. The maximum Gasteiger partial charge on any atom is 0.153 e. The van der Waals surface area contributed by atoms with Crippen LogP contribution in [0.2, 0.25) is 5.02 Å². The number of imidazole rings is 1. The number of nitrogen functional groups attached to an aromatic ring is 1. The van der Waals surface area contributed by atoms with Crippen molar-refractivity contribution >= 4 is 28.3 Å². The first-order valence-electron chi connectivity index (χ1n) is 5.45. The van der Waals surface area contributed by atoms with Gasteiger partial charge in [0.25, 0.3) is 0 Å². The molecule has 0 saturated carbocycles. The van der Waals surface area contributed by atoms with Gasteiger partial charge in [-0.25, -0.2) is 13.8 Å². The van der Waals surface area contributed by atoms with E-state index in [1.54, 1.807) is 18.2 Å². The van der Waals surface area contributed by atoms with Crippen LogP contribution in [0.25, 0.3) is 22.4 Å². The first-order chi connectivity index (χ1) is 9.04. The van der Waals surface area contributed by atoms with Gasteiger partial charge in [0.2, 0.25) is 0 Å². The average Bonchev–Trinajstić information content (AvgIpc) is 2.76. The summed E-state index contributed by atoms with van der Waals surface area (Å²) in [7, 11) is 0. The van der Waals surface area contributed by atoms with Gasteiger partial charge in [0.15, 0.2) is 5.82 Å². The number of H-pyrrole nitrogens is 1. The molecule has 0 saturated heterocycles. The quantitative estimate of drug-likeness (QED) is 0.667. The van der Waals surface area contributed by atoms with Crippen LogP contribution in [0.3, 0.4) is 0 Å². The van der Waals surface area contributed by atoms with Crippen LogP contribution in [0.1, 0.15) is 0 Å². The molecular formula is C13H8ClF2N3. The maximum absolute atomic E-state index is 13.6. The SMILES string of the molecule is Nc1cc(-c2nc3c(F)cc(F)cc3[nH]2)ccc1Cl. The second-order valence-electron chi connectivity index (χ2n) is 4.11. The number of aromatic amines is 1. The van der Waals surface area contributed by atoms with Crippen molar-refractivity contribution in [2.75, 3.05) is 5.73 Å². The van der Waals surface area contributed by atoms with Crippen LogP contribution >= 0.6 is 11.6 Å². The molecule has 0 aliphatic carbocycles. The zero-order valence-corrected chi connectivity index (χ0v) is 10.3. The van der Waals surface area contributed by atoms with Crippen molar-refractivity contribution in [2.24, 2.45) is 0 Å². The van der Waals surface area contributed by atoms with E-state index in [-0.39, 0.29) is 5.52 Å². The Labute approximate surface area is 112 Å². The fourth-order valence-corrected chi connectivity index (χ4v) is 1.99. The number of hydrogen-bond acceptors (Lipinski definition) is 2. The number of nitrogens with one attached hydrogen (secondary N) is 1. The van der Waals surface area contributed by atoms with Gasteiger partial charge in [-0.05, 0) is 24.3 Å². The number of anilines is 1. The van der Waals surface area contributed by atoms with Crippen LogP contribution in [0.15, 0.2) is 30.3 Å². The molecule has 3 aromatic rings.